The monoisotopic (exact) mass is 418 g/mol. The molecule has 30 heavy (non-hydrogen) atoms. The standard InChI is InChI=1S/C23H30O7/c1-10(2)8-12(16-14(26)9-13(25)15(11(3)24)18(16)27)17-19(28)22(4,5)21(30)23(6,7)20(17)29/h9-10,12,25-28H,8H2,1-7H3. The highest BCUT2D eigenvalue weighted by Gasteiger charge is 2.54. The van der Waals surface area contributed by atoms with Gasteiger partial charge in [-0.05, 0) is 47.0 Å². The topological polar surface area (TPSA) is 132 Å². The van der Waals surface area contributed by atoms with E-state index in [0.29, 0.717) is 0 Å². The summed E-state index contributed by atoms with van der Waals surface area (Å²) in [6.07, 6.45) is 0.231. The Morgan fingerprint density at radius 1 is 0.967 bits per heavy atom. The maximum Gasteiger partial charge on any atom is 0.175 e. The fourth-order valence-electron chi connectivity index (χ4n) is 4.29. The minimum Gasteiger partial charge on any atom is -0.511 e. The molecule has 0 aliphatic heterocycles. The third-order valence-electron chi connectivity index (χ3n) is 5.85. The minimum absolute atomic E-state index is 0.0414. The molecule has 0 spiro atoms. The first-order valence-electron chi connectivity index (χ1n) is 9.88. The van der Waals surface area contributed by atoms with E-state index in [1.807, 2.05) is 13.8 Å². The van der Waals surface area contributed by atoms with E-state index in [2.05, 4.69) is 0 Å². The number of phenolic OH excluding ortho intramolecular Hbond substituents is 3. The number of aliphatic hydroxyl groups is 1. The molecule has 0 amide bonds. The zero-order valence-corrected chi connectivity index (χ0v) is 18.5. The summed E-state index contributed by atoms with van der Waals surface area (Å²) in [7, 11) is 0. The van der Waals surface area contributed by atoms with Crippen LogP contribution in [0.2, 0.25) is 0 Å². The third kappa shape index (κ3) is 3.46. The quantitative estimate of drug-likeness (QED) is 0.417. The van der Waals surface area contributed by atoms with Crippen LogP contribution in [-0.4, -0.2) is 37.8 Å². The van der Waals surface area contributed by atoms with Gasteiger partial charge in [-0.1, -0.05) is 13.8 Å². The molecular formula is C23H30O7. The molecule has 1 aliphatic rings. The highest BCUT2D eigenvalue weighted by molar-refractivity contribution is 6.19. The average Bonchev–Trinajstić information content (AvgIpc) is 2.58. The second-order valence-electron chi connectivity index (χ2n) is 9.46. The molecule has 1 aliphatic carbocycles. The van der Waals surface area contributed by atoms with Crippen molar-refractivity contribution in [2.75, 3.05) is 0 Å². The Kier molecular flexibility index (Phi) is 5.82. The maximum absolute atomic E-state index is 13.3. The smallest absolute Gasteiger partial charge is 0.175 e. The highest BCUT2D eigenvalue weighted by Crippen LogP contribution is 2.52. The molecule has 1 aromatic rings. The number of aromatic hydroxyl groups is 3. The van der Waals surface area contributed by atoms with Gasteiger partial charge in [-0.15, -0.1) is 0 Å². The van der Waals surface area contributed by atoms with E-state index in [4.69, 9.17) is 0 Å². The molecule has 7 nitrogen and oxygen atoms in total. The predicted molar refractivity (Wildman–Crippen MR) is 111 cm³/mol. The number of benzene rings is 1. The second kappa shape index (κ2) is 7.45. The van der Waals surface area contributed by atoms with Crippen LogP contribution in [0, 0.1) is 16.7 Å². The Morgan fingerprint density at radius 3 is 1.97 bits per heavy atom. The molecule has 0 saturated carbocycles. The molecule has 7 heteroatoms. The van der Waals surface area contributed by atoms with Crippen molar-refractivity contribution >= 4 is 17.3 Å². The Morgan fingerprint density at radius 2 is 1.50 bits per heavy atom. The summed E-state index contributed by atoms with van der Waals surface area (Å²) in [6.45, 7) is 10.9. The van der Waals surface area contributed by atoms with Crippen LogP contribution in [0.3, 0.4) is 0 Å². The molecule has 4 N–H and O–H groups in total. The molecule has 0 radical (unpaired) electrons. The van der Waals surface area contributed by atoms with Gasteiger partial charge in [0.25, 0.3) is 0 Å². The molecule has 0 saturated heterocycles. The molecule has 0 bridgehead atoms. The molecule has 2 rings (SSSR count). The highest BCUT2D eigenvalue weighted by atomic mass is 16.3. The summed E-state index contributed by atoms with van der Waals surface area (Å²) < 4.78 is 0. The number of allylic oxidation sites excluding steroid dienone is 2. The first-order chi connectivity index (χ1) is 13.6. The number of aliphatic hydroxyl groups excluding tert-OH is 1. The molecule has 1 atom stereocenters. The van der Waals surface area contributed by atoms with Crippen molar-refractivity contribution < 1.29 is 34.8 Å². The second-order valence-corrected chi connectivity index (χ2v) is 9.46. The van der Waals surface area contributed by atoms with E-state index in [1.165, 1.54) is 27.7 Å². The number of hydrogen-bond acceptors (Lipinski definition) is 7. The summed E-state index contributed by atoms with van der Waals surface area (Å²) in [5.74, 6) is -4.87. The number of ketones is 3. The number of rotatable bonds is 5. The Hall–Kier alpha value is -2.83. The van der Waals surface area contributed by atoms with Gasteiger partial charge in [-0.3, -0.25) is 14.4 Å². The molecule has 164 valence electrons. The fraction of sp³-hybridized carbons (Fsp3) is 0.522. The van der Waals surface area contributed by atoms with Crippen LogP contribution in [0.5, 0.6) is 17.2 Å². The van der Waals surface area contributed by atoms with Gasteiger partial charge in [0.15, 0.2) is 17.3 Å². The third-order valence-corrected chi connectivity index (χ3v) is 5.85. The first kappa shape index (κ1) is 23.4. The van der Waals surface area contributed by atoms with E-state index in [9.17, 15) is 34.8 Å². The summed E-state index contributed by atoms with van der Waals surface area (Å²) in [4.78, 5) is 38.2. The average molecular weight is 418 g/mol. The zero-order valence-electron chi connectivity index (χ0n) is 18.5. The lowest BCUT2D eigenvalue weighted by atomic mass is 9.60. The lowest BCUT2D eigenvalue weighted by Crippen LogP contribution is -2.49. The minimum atomic E-state index is -1.42. The number of carbonyl (C=O) groups excluding carboxylic acids is 3. The van der Waals surface area contributed by atoms with Crippen LogP contribution in [-0.2, 0) is 9.59 Å². The molecule has 0 fully saturated rings. The Balaban J connectivity index is 2.94. The van der Waals surface area contributed by atoms with E-state index in [0.717, 1.165) is 13.0 Å². The summed E-state index contributed by atoms with van der Waals surface area (Å²) >= 11 is 0. The van der Waals surface area contributed by atoms with E-state index < -0.39 is 57.1 Å². The van der Waals surface area contributed by atoms with Gasteiger partial charge in [-0.25, -0.2) is 0 Å². The van der Waals surface area contributed by atoms with Crippen molar-refractivity contribution in [3.05, 3.63) is 28.5 Å². The normalized spacial score (nSPS) is 19.3. The van der Waals surface area contributed by atoms with E-state index >= 15 is 0 Å². The van der Waals surface area contributed by atoms with E-state index in [-0.39, 0.29) is 29.0 Å². The molecule has 1 aromatic carbocycles. The summed E-state index contributed by atoms with van der Waals surface area (Å²) in [6, 6.07) is 0.936. The van der Waals surface area contributed by atoms with Gasteiger partial charge >= 0.3 is 0 Å². The van der Waals surface area contributed by atoms with Gasteiger partial charge in [0.2, 0.25) is 0 Å². The van der Waals surface area contributed by atoms with Crippen molar-refractivity contribution in [2.24, 2.45) is 16.7 Å². The summed E-state index contributed by atoms with van der Waals surface area (Å²) in [5, 5.41) is 42.4. The van der Waals surface area contributed by atoms with Crippen LogP contribution < -0.4 is 0 Å². The van der Waals surface area contributed by atoms with E-state index in [1.54, 1.807) is 0 Å². The van der Waals surface area contributed by atoms with Gasteiger partial charge < -0.3 is 20.4 Å². The first-order valence-corrected chi connectivity index (χ1v) is 9.88. The summed E-state index contributed by atoms with van der Waals surface area (Å²) in [5.41, 5.74) is -3.37. The van der Waals surface area contributed by atoms with Crippen molar-refractivity contribution in [3.63, 3.8) is 0 Å². The van der Waals surface area contributed by atoms with Gasteiger partial charge in [0.1, 0.15) is 28.6 Å². The zero-order chi connectivity index (χ0) is 23.3. The Bertz CT molecular complexity index is 964. The lowest BCUT2D eigenvalue weighted by Gasteiger charge is -2.41. The molecule has 0 aromatic heterocycles. The number of phenols is 3. The maximum atomic E-state index is 13.3. The van der Waals surface area contributed by atoms with Crippen LogP contribution in [0.1, 0.15) is 76.7 Å². The van der Waals surface area contributed by atoms with Crippen molar-refractivity contribution in [1.82, 2.24) is 0 Å². The van der Waals surface area contributed by atoms with Crippen LogP contribution >= 0.6 is 0 Å². The lowest BCUT2D eigenvalue weighted by molar-refractivity contribution is -0.144. The fourth-order valence-corrected chi connectivity index (χ4v) is 4.29. The van der Waals surface area contributed by atoms with Crippen LogP contribution in [0.15, 0.2) is 17.4 Å². The van der Waals surface area contributed by atoms with Crippen molar-refractivity contribution in [2.45, 2.75) is 60.8 Å². The number of carbonyl (C=O) groups is 3. The Labute approximate surface area is 176 Å². The largest absolute Gasteiger partial charge is 0.511 e. The van der Waals surface area contributed by atoms with Crippen LogP contribution in [0.25, 0.3) is 0 Å². The van der Waals surface area contributed by atoms with Gasteiger partial charge in [0, 0.05) is 23.1 Å². The molecule has 0 heterocycles. The SMILES string of the molecule is CC(=O)c1c(O)cc(O)c(C(CC(C)C)C2=C(O)C(C)(C)C(=O)C(C)(C)C2=O)c1O. The van der Waals surface area contributed by atoms with Crippen molar-refractivity contribution in [3.8, 4) is 17.2 Å². The van der Waals surface area contributed by atoms with Crippen LogP contribution in [0.4, 0.5) is 0 Å². The van der Waals surface area contributed by atoms with Crippen molar-refractivity contribution in [1.29, 1.82) is 0 Å². The number of hydrogen-bond donors (Lipinski definition) is 4. The molecular weight excluding hydrogens is 388 g/mol. The molecule has 1 unspecified atom stereocenters. The number of Topliss-reactive ketones (excluding diaryl/α,β-unsaturated/α-hetero) is 3. The predicted octanol–water partition coefficient (Wildman–Crippen LogP) is 4.15. The van der Waals surface area contributed by atoms with Gasteiger partial charge in [0.05, 0.1) is 10.8 Å². The van der Waals surface area contributed by atoms with Gasteiger partial charge in [-0.2, -0.15) is 0 Å².